The van der Waals surface area contributed by atoms with E-state index in [4.69, 9.17) is 16.3 Å². The highest BCUT2D eigenvalue weighted by Crippen LogP contribution is 2.18. The predicted molar refractivity (Wildman–Crippen MR) is 80.9 cm³/mol. The fourth-order valence-corrected chi connectivity index (χ4v) is 2.32. The van der Waals surface area contributed by atoms with Crippen molar-refractivity contribution in [1.82, 2.24) is 24.5 Å². The van der Waals surface area contributed by atoms with Gasteiger partial charge in [-0.15, -0.1) is 0 Å². The Morgan fingerprint density at radius 2 is 2.29 bits per heavy atom. The lowest BCUT2D eigenvalue weighted by atomic mass is 10.4. The topological polar surface area (TPSA) is 56.4 Å². The summed E-state index contributed by atoms with van der Waals surface area (Å²) in [7, 11) is 1.69. The molecule has 0 aliphatic heterocycles. The largest absolute Gasteiger partial charge is 0.383 e. The minimum atomic E-state index is 0.588. The van der Waals surface area contributed by atoms with E-state index in [1.54, 1.807) is 24.2 Å². The molecule has 0 spiro atoms. The van der Waals surface area contributed by atoms with Gasteiger partial charge in [0.2, 0.25) is 0 Å². The zero-order valence-electron chi connectivity index (χ0n) is 11.7. The zero-order chi connectivity index (χ0) is 14.7. The summed E-state index contributed by atoms with van der Waals surface area (Å²) in [5.74, 6) is 0.776. The Hall–Kier alpha value is -1.89. The number of nitrogens with zero attached hydrogens (tertiary/aromatic N) is 4. The summed E-state index contributed by atoms with van der Waals surface area (Å²) >= 11 is 5.96. The van der Waals surface area contributed by atoms with Crippen molar-refractivity contribution in [1.29, 1.82) is 0 Å². The third-order valence-corrected chi connectivity index (χ3v) is 3.35. The second-order valence-electron chi connectivity index (χ2n) is 4.58. The maximum atomic E-state index is 5.96. The molecule has 0 amide bonds. The molecule has 0 radical (unpaired) electrons. The van der Waals surface area contributed by atoms with E-state index in [0.717, 1.165) is 23.7 Å². The zero-order valence-corrected chi connectivity index (χ0v) is 12.4. The molecule has 21 heavy (non-hydrogen) atoms. The second-order valence-corrected chi connectivity index (χ2v) is 5.02. The lowest BCUT2D eigenvalue weighted by Gasteiger charge is -2.06. The van der Waals surface area contributed by atoms with Gasteiger partial charge < -0.3 is 14.5 Å². The van der Waals surface area contributed by atoms with E-state index >= 15 is 0 Å². The number of methoxy groups -OCH3 is 1. The Balaban J connectivity index is 1.97. The number of hydrogen-bond donors (Lipinski definition) is 1. The number of aromatic nitrogens is 4. The van der Waals surface area contributed by atoms with Gasteiger partial charge in [0.25, 0.3) is 0 Å². The van der Waals surface area contributed by atoms with Gasteiger partial charge in [0.05, 0.1) is 29.7 Å². The SMILES string of the molecule is COCCNCc1c(-n2cc(Cl)cn2)nc2ccccn12. The molecular formula is C14H16ClN5O. The highest BCUT2D eigenvalue weighted by atomic mass is 35.5. The Kier molecular flexibility index (Phi) is 4.19. The van der Waals surface area contributed by atoms with Crippen LogP contribution < -0.4 is 5.32 Å². The van der Waals surface area contributed by atoms with Crippen molar-refractivity contribution in [2.24, 2.45) is 0 Å². The molecule has 3 rings (SSSR count). The standard InChI is InChI=1S/C14H16ClN5O/c1-21-7-5-16-9-12-14(20-10-11(15)8-17-20)18-13-4-2-3-6-19(12)13/h2-4,6,8,10,16H,5,7,9H2,1H3. The molecular weight excluding hydrogens is 290 g/mol. The lowest BCUT2D eigenvalue weighted by molar-refractivity contribution is 0.199. The summed E-state index contributed by atoms with van der Waals surface area (Å²) in [6.45, 7) is 2.11. The molecule has 0 saturated carbocycles. The summed E-state index contributed by atoms with van der Waals surface area (Å²) in [4.78, 5) is 4.63. The first kappa shape index (κ1) is 14.1. The van der Waals surface area contributed by atoms with E-state index in [1.165, 1.54) is 0 Å². The molecule has 0 saturated heterocycles. The van der Waals surface area contributed by atoms with Crippen LogP contribution in [0.4, 0.5) is 0 Å². The molecule has 110 valence electrons. The van der Waals surface area contributed by atoms with E-state index in [9.17, 15) is 0 Å². The summed E-state index contributed by atoms with van der Waals surface area (Å²) in [5.41, 5.74) is 1.91. The number of halogens is 1. The van der Waals surface area contributed by atoms with Crippen LogP contribution in [-0.4, -0.2) is 39.4 Å². The van der Waals surface area contributed by atoms with Gasteiger partial charge in [0.15, 0.2) is 5.82 Å². The number of rotatable bonds is 6. The van der Waals surface area contributed by atoms with Crippen LogP contribution in [0, 0.1) is 0 Å². The van der Waals surface area contributed by atoms with Crippen molar-refractivity contribution in [3.8, 4) is 5.82 Å². The Bertz CT molecular complexity index is 736. The van der Waals surface area contributed by atoms with Gasteiger partial charge in [-0.05, 0) is 12.1 Å². The number of pyridine rings is 1. The molecule has 0 aliphatic rings. The monoisotopic (exact) mass is 305 g/mol. The first-order chi connectivity index (χ1) is 10.3. The van der Waals surface area contributed by atoms with Crippen LogP contribution in [0.2, 0.25) is 5.02 Å². The first-order valence-electron chi connectivity index (χ1n) is 6.66. The third kappa shape index (κ3) is 2.92. The van der Waals surface area contributed by atoms with Gasteiger partial charge in [0, 0.05) is 26.4 Å². The molecule has 3 aromatic heterocycles. The van der Waals surface area contributed by atoms with E-state index in [2.05, 4.69) is 15.4 Å². The fraction of sp³-hybridized carbons (Fsp3) is 0.286. The normalized spacial score (nSPS) is 11.3. The van der Waals surface area contributed by atoms with Crippen LogP contribution in [0.25, 0.3) is 11.5 Å². The van der Waals surface area contributed by atoms with Gasteiger partial charge in [-0.1, -0.05) is 17.7 Å². The van der Waals surface area contributed by atoms with Gasteiger partial charge in [-0.25, -0.2) is 9.67 Å². The molecule has 0 aliphatic carbocycles. The van der Waals surface area contributed by atoms with E-state index in [0.29, 0.717) is 18.2 Å². The highest BCUT2D eigenvalue weighted by Gasteiger charge is 2.14. The van der Waals surface area contributed by atoms with E-state index in [-0.39, 0.29) is 0 Å². The Labute approximate surface area is 127 Å². The van der Waals surface area contributed by atoms with Crippen LogP contribution in [-0.2, 0) is 11.3 Å². The maximum Gasteiger partial charge on any atom is 0.176 e. The van der Waals surface area contributed by atoms with Crippen molar-refractivity contribution in [2.45, 2.75) is 6.54 Å². The molecule has 3 heterocycles. The summed E-state index contributed by atoms with van der Waals surface area (Å²) in [6.07, 6.45) is 5.35. The first-order valence-corrected chi connectivity index (χ1v) is 7.03. The van der Waals surface area contributed by atoms with Crippen molar-refractivity contribution in [3.05, 3.63) is 47.5 Å². The minimum absolute atomic E-state index is 0.588. The van der Waals surface area contributed by atoms with Crippen molar-refractivity contribution >= 4 is 17.2 Å². The van der Waals surface area contributed by atoms with Crippen molar-refractivity contribution in [2.75, 3.05) is 20.3 Å². The van der Waals surface area contributed by atoms with Gasteiger partial charge in [-0.2, -0.15) is 5.10 Å². The average Bonchev–Trinajstić information content (AvgIpc) is 3.07. The number of fused-ring (bicyclic) bond motifs is 1. The molecule has 0 fully saturated rings. The number of hydrogen-bond acceptors (Lipinski definition) is 4. The van der Waals surface area contributed by atoms with Crippen LogP contribution in [0.1, 0.15) is 5.69 Å². The summed E-state index contributed by atoms with van der Waals surface area (Å²) in [6, 6.07) is 5.91. The van der Waals surface area contributed by atoms with Crippen LogP contribution in [0.15, 0.2) is 36.8 Å². The van der Waals surface area contributed by atoms with Crippen molar-refractivity contribution in [3.63, 3.8) is 0 Å². The summed E-state index contributed by atoms with van der Waals surface area (Å²) < 4.78 is 8.79. The molecule has 1 N–H and O–H groups in total. The summed E-state index contributed by atoms with van der Waals surface area (Å²) in [5, 5.41) is 8.17. The van der Waals surface area contributed by atoms with Crippen LogP contribution >= 0.6 is 11.6 Å². The molecule has 7 heteroatoms. The van der Waals surface area contributed by atoms with Gasteiger partial charge in [0.1, 0.15) is 5.65 Å². The van der Waals surface area contributed by atoms with Gasteiger partial charge >= 0.3 is 0 Å². The predicted octanol–water partition coefficient (Wildman–Crippen LogP) is 1.91. The molecule has 3 aromatic rings. The number of nitrogens with one attached hydrogen (secondary N) is 1. The molecule has 0 bridgehead atoms. The van der Waals surface area contributed by atoms with E-state index < -0.39 is 0 Å². The van der Waals surface area contributed by atoms with Crippen LogP contribution in [0.5, 0.6) is 0 Å². The Morgan fingerprint density at radius 1 is 1.38 bits per heavy atom. The second kappa shape index (κ2) is 6.26. The maximum absolute atomic E-state index is 5.96. The van der Waals surface area contributed by atoms with Crippen LogP contribution in [0.3, 0.4) is 0 Å². The Morgan fingerprint density at radius 3 is 3.05 bits per heavy atom. The molecule has 0 unspecified atom stereocenters. The fourth-order valence-electron chi connectivity index (χ4n) is 2.18. The number of ether oxygens (including phenoxy) is 1. The lowest BCUT2D eigenvalue weighted by Crippen LogP contribution is -2.20. The minimum Gasteiger partial charge on any atom is -0.383 e. The van der Waals surface area contributed by atoms with Gasteiger partial charge in [-0.3, -0.25) is 0 Å². The molecule has 6 nitrogen and oxygen atoms in total. The van der Waals surface area contributed by atoms with Crippen molar-refractivity contribution < 1.29 is 4.74 Å². The molecule has 0 aromatic carbocycles. The average molecular weight is 306 g/mol. The smallest absolute Gasteiger partial charge is 0.176 e. The third-order valence-electron chi connectivity index (χ3n) is 3.15. The van der Waals surface area contributed by atoms with E-state index in [1.807, 2.05) is 28.8 Å². The molecule has 0 atom stereocenters. The number of imidazole rings is 1. The quantitative estimate of drug-likeness (QED) is 0.707. The highest BCUT2D eigenvalue weighted by molar-refractivity contribution is 6.30.